The molecule has 0 fully saturated rings. The van der Waals surface area contributed by atoms with E-state index in [2.05, 4.69) is 5.32 Å². The fraction of sp³-hybridized carbons (Fsp3) is 0.0820. The number of carbonyl (C=O) groups is 8. The van der Waals surface area contributed by atoms with Crippen LogP contribution in [0.4, 0.5) is 5.69 Å². The highest BCUT2D eigenvalue weighted by molar-refractivity contribution is 6.34. The van der Waals surface area contributed by atoms with E-state index in [1.807, 2.05) is 62.4 Å². The number of imide groups is 2. The molecular weight excluding hydrogens is 967 g/mol. The summed E-state index contributed by atoms with van der Waals surface area (Å²) in [5.74, 6) is -2.48. The van der Waals surface area contributed by atoms with Gasteiger partial charge in [-0.2, -0.15) is 0 Å². The minimum absolute atomic E-state index is 0.00351. The first kappa shape index (κ1) is 50.7. The van der Waals surface area contributed by atoms with E-state index in [-0.39, 0.29) is 46.1 Å². The van der Waals surface area contributed by atoms with Gasteiger partial charge in [0.1, 0.15) is 23.0 Å². The summed E-state index contributed by atoms with van der Waals surface area (Å²) in [5.41, 5.74) is 6.51. The number of amides is 5. The number of nitrogens with zero attached hydrogens (tertiary/aromatic N) is 2. The summed E-state index contributed by atoms with van der Waals surface area (Å²) >= 11 is 0. The van der Waals surface area contributed by atoms with Gasteiger partial charge in [0, 0.05) is 26.1 Å². The number of carbonyl (C=O) groups excluding carboxylic acids is 6. The van der Waals surface area contributed by atoms with Crippen LogP contribution >= 0.6 is 0 Å². The van der Waals surface area contributed by atoms with Crippen LogP contribution in [0.2, 0.25) is 0 Å². The van der Waals surface area contributed by atoms with E-state index in [0.717, 1.165) is 20.9 Å². The molecule has 0 saturated carbocycles. The molecule has 5 amide bonds. The minimum Gasteiger partial charge on any atom is -0.478 e. The summed E-state index contributed by atoms with van der Waals surface area (Å²) in [6.45, 7) is 3.98. The number of benzene rings is 8. The summed E-state index contributed by atoms with van der Waals surface area (Å²) in [7, 11) is 2.83. The van der Waals surface area contributed by atoms with Crippen molar-refractivity contribution in [2.24, 2.45) is 0 Å². The molecule has 8 aromatic carbocycles. The van der Waals surface area contributed by atoms with Gasteiger partial charge in [0.15, 0.2) is 5.78 Å². The van der Waals surface area contributed by atoms with Crippen molar-refractivity contribution in [3.05, 3.63) is 231 Å². The van der Waals surface area contributed by atoms with Crippen molar-refractivity contribution in [2.75, 3.05) is 19.0 Å². The van der Waals surface area contributed by atoms with Gasteiger partial charge in [-0.15, -0.1) is 0 Å². The van der Waals surface area contributed by atoms with Crippen molar-refractivity contribution < 1.29 is 58.0 Å². The largest absolute Gasteiger partial charge is 0.478 e. The lowest BCUT2D eigenvalue weighted by Crippen LogP contribution is -2.29. The maximum atomic E-state index is 13.3. The number of Topliss-reactive ketones (excluding diaryl/α,β-unsaturated/α-hetero) is 1. The fourth-order valence-electron chi connectivity index (χ4n) is 8.67. The van der Waals surface area contributed by atoms with Gasteiger partial charge in [-0.25, -0.2) is 14.5 Å². The number of anilines is 1. The minimum atomic E-state index is -1.26. The van der Waals surface area contributed by atoms with Gasteiger partial charge < -0.3 is 25.0 Å². The Morgan fingerprint density at radius 1 is 0.447 bits per heavy atom. The molecule has 76 heavy (non-hydrogen) atoms. The molecule has 2 aliphatic heterocycles. The number of hydrogen-bond acceptors (Lipinski definition) is 10. The monoisotopic (exact) mass is 1010 g/mol. The highest BCUT2D eigenvalue weighted by atomic mass is 16.5. The normalized spacial score (nSPS) is 12.4. The lowest BCUT2D eigenvalue weighted by atomic mass is 9.92. The average Bonchev–Trinajstić information content (AvgIpc) is 3.85. The van der Waals surface area contributed by atoms with E-state index in [1.165, 1.54) is 50.5 Å². The molecular formula is C61H45N3O12. The third kappa shape index (κ3) is 10.3. The van der Waals surface area contributed by atoms with Crippen LogP contribution in [0.15, 0.2) is 170 Å². The number of carboxylic acid groups (broad SMARTS) is 2. The predicted molar refractivity (Wildman–Crippen MR) is 282 cm³/mol. The topological polar surface area (TPSA) is 214 Å². The molecule has 3 N–H and O–H groups in total. The molecule has 15 nitrogen and oxygen atoms in total. The zero-order valence-electron chi connectivity index (χ0n) is 41.2. The Morgan fingerprint density at radius 2 is 0.829 bits per heavy atom. The van der Waals surface area contributed by atoms with Crippen LogP contribution < -0.4 is 19.7 Å². The summed E-state index contributed by atoms with van der Waals surface area (Å²) < 4.78 is 11.7. The van der Waals surface area contributed by atoms with Crippen molar-refractivity contribution in [2.45, 2.75) is 20.3 Å². The molecule has 2 heterocycles. The van der Waals surface area contributed by atoms with Gasteiger partial charge in [-0.05, 0) is 151 Å². The molecule has 10 rings (SSSR count). The Balaban J connectivity index is 0.000000186. The number of carboxylic acids is 2. The maximum absolute atomic E-state index is 13.3. The first-order valence-corrected chi connectivity index (χ1v) is 23.7. The first-order chi connectivity index (χ1) is 36.5. The van der Waals surface area contributed by atoms with Crippen LogP contribution in [0.5, 0.6) is 23.0 Å². The lowest BCUT2D eigenvalue weighted by molar-refractivity contribution is 0.0680. The molecule has 0 unspecified atom stereocenters. The van der Waals surface area contributed by atoms with Crippen molar-refractivity contribution in [1.82, 2.24) is 10.2 Å². The van der Waals surface area contributed by atoms with Crippen molar-refractivity contribution >= 4 is 52.9 Å². The molecule has 0 radical (unpaired) electrons. The smallest absolute Gasteiger partial charge is 0.336 e. The number of aryl methyl sites for hydroxylation is 2. The zero-order chi connectivity index (χ0) is 53.9. The Hall–Kier alpha value is -10.3. The quantitative estimate of drug-likeness (QED) is 0.0727. The molecule has 2 aliphatic rings. The Kier molecular flexibility index (Phi) is 14.0. The molecule has 0 spiro atoms. The second-order valence-corrected chi connectivity index (χ2v) is 17.9. The Morgan fingerprint density at radius 3 is 1.32 bits per heavy atom. The second-order valence-electron chi connectivity index (χ2n) is 17.9. The molecule has 0 aliphatic carbocycles. The number of ketones is 1. The third-order valence-corrected chi connectivity index (χ3v) is 12.8. The summed E-state index contributed by atoms with van der Waals surface area (Å²) in [6, 6.07) is 47.5. The first-order valence-electron chi connectivity index (χ1n) is 23.7. The van der Waals surface area contributed by atoms with Gasteiger partial charge in [-0.1, -0.05) is 71.8 Å². The Labute approximate surface area is 435 Å². The van der Waals surface area contributed by atoms with Crippen LogP contribution in [0.25, 0.3) is 22.3 Å². The summed E-state index contributed by atoms with van der Waals surface area (Å²) in [6.07, 6.45) is -0.0456. The zero-order valence-corrected chi connectivity index (χ0v) is 41.2. The Bertz CT molecular complexity index is 3700. The van der Waals surface area contributed by atoms with E-state index in [4.69, 9.17) is 9.47 Å². The van der Waals surface area contributed by atoms with Gasteiger partial charge in [-0.3, -0.25) is 33.7 Å². The van der Waals surface area contributed by atoms with Crippen LogP contribution in [0, 0.1) is 13.8 Å². The van der Waals surface area contributed by atoms with E-state index in [0.29, 0.717) is 73.2 Å². The van der Waals surface area contributed by atoms with E-state index in [9.17, 15) is 48.6 Å². The third-order valence-electron chi connectivity index (χ3n) is 12.8. The second kappa shape index (κ2) is 21.1. The van der Waals surface area contributed by atoms with E-state index < -0.39 is 35.4 Å². The highest BCUT2D eigenvalue weighted by Gasteiger charge is 2.38. The van der Waals surface area contributed by atoms with E-state index in [1.54, 1.807) is 84.9 Å². The molecule has 15 heteroatoms. The SMILES string of the molecule is CNC(=O)c1cc(-c2ccc(C(=O)O)c(C(=O)Cc3ccc(Oc4ccc(C)cc4)cc3)c2)ccc1C(=O)O.Cc1ccc(Oc2ccc(N3C(=O)c4ccc(-c5ccc6c(c5)C(=O)N(C)C6=O)cc4C3=O)cc2)cc1. The number of nitrogens with one attached hydrogen (secondary N) is 1. The van der Waals surface area contributed by atoms with Crippen molar-refractivity contribution in [3.63, 3.8) is 0 Å². The van der Waals surface area contributed by atoms with Gasteiger partial charge >= 0.3 is 11.9 Å². The number of hydrogen-bond donors (Lipinski definition) is 3. The maximum Gasteiger partial charge on any atom is 0.336 e. The molecule has 0 aromatic heterocycles. The van der Waals surface area contributed by atoms with Crippen LogP contribution in [-0.4, -0.2) is 76.5 Å². The van der Waals surface area contributed by atoms with Crippen LogP contribution in [0.3, 0.4) is 0 Å². The number of fused-ring (bicyclic) bond motifs is 2. The highest BCUT2D eigenvalue weighted by Crippen LogP contribution is 2.35. The fourth-order valence-corrected chi connectivity index (χ4v) is 8.67. The predicted octanol–water partition coefficient (Wildman–Crippen LogP) is 11.1. The summed E-state index contributed by atoms with van der Waals surface area (Å²) in [4.78, 5) is 102. The number of aromatic carboxylic acids is 2. The van der Waals surface area contributed by atoms with Gasteiger partial charge in [0.25, 0.3) is 29.5 Å². The molecule has 0 saturated heterocycles. The average molecular weight is 1010 g/mol. The standard InChI is InChI=1S/C31H25NO7.C30H20N2O5/c1-18-3-9-22(10-4-18)39-23-11-5-19(6-12-23)15-28(33)26-16-20(7-13-24(26)30(35)36)21-8-14-25(31(37)38)27(17-21)29(34)32-2;1-17-3-9-21(10-4-17)37-22-11-7-20(8-12-22)32-29(35)24-14-6-19(16-26(24)30(32)36)18-5-13-23-25(15-18)28(34)31(2)27(23)33/h3-14,16-17H,15H2,1-2H3,(H,32,34)(H,35,36)(H,37,38);3-16H,1-2H3. The molecule has 0 bridgehead atoms. The van der Waals surface area contributed by atoms with E-state index >= 15 is 0 Å². The number of rotatable bonds is 13. The van der Waals surface area contributed by atoms with Gasteiger partial charge in [0.2, 0.25) is 0 Å². The molecule has 8 aromatic rings. The van der Waals surface area contributed by atoms with Crippen molar-refractivity contribution in [1.29, 1.82) is 0 Å². The van der Waals surface area contributed by atoms with Crippen LogP contribution in [-0.2, 0) is 6.42 Å². The lowest BCUT2D eigenvalue weighted by Gasteiger charge is -2.14. The molecule has 376 valence electrons. The summed E-state index contributed by atoms with van der Waals surface area (Å²) in [5, 5.41) is 21.5. The number of ether oxygens (including phenoxy) is 2. The molecule has 0 atom stereocenters. The van der Waals surface area contributed by atoms with Crippen LogP contribution in [0.1, 0.15) is 99.6 Å². The van der Waals surface area contributed by atoms with Crippen molar-refractivity contribution in [3.8, 4) is 45.3 Å². The van der Waals surface area contributed by atoms with Gasteiger partial charge in [0.05, 0.1) is 44.6 Å².